The van der Waals surface area contributed by atoms with Crippen molar-refractivity contribution in [3.05, 3.63) is 45.8 Å². The van der Waals surface area contributed by atoms with Gasteiger partial charge in [0.25, 0.3) is 5.91 Å². The van der Waals surface area contributed by atoms with Gasteiger partial charge in [0.1, 0.15) is 0 Å². The lowest BCUT2D eigenvalue weighted by atomic mass is 9.88. The lowest BCUT2D eigenvalue weighted by Gasteiger charge is -2.31. The minimum atomic E-state index is -5.08. The van der Waals surface area contributed by atoms with Crippen LogP contribution >= 0.6 is 11.3 Å². The fraction of sp³-hybridized carbons (Fsp3) is 0.500. The van der Waals surface area contributed by atoms with Crippen LogP contribution in [0.3, 0.4) is 0 Å². The molecule has 9 nitrogen and oxygen atoms in total. The largest absolute Gasteiger partial charge is 0.490 e. The lowest BCUT2D eigenvalue weighted by molar-refractivity contribution is -0.192. The Labute approximate surface area is 247 Å². The molecule has 42 heavy (non-hydrogen) atoms. The zero-order valence-electron chi connectivity index (χ0n) is 23.9. The second-order valence-corrected chi connectivity index (χ2v) is 13.9. The molecule has 0 radical (unpaired) electrons. The number of sulfonamides is 1. The maximum absolute atomic E-state index is 12.3. The highest BCUT2D eigenvalue weighted by Crippen LogP contribution is 2.38. The second-order valence-electron chi connectivity index (χ2n) is 10.6. The van der Waals surface area contributed by atoms with Crippen LogP contribution in [0.5, 0.6) is 0 Å². The number of piperidine rings is 1. The summed E-state index contributed by atoms with van der Waals surface area (Å²) in [6.07, 6.45) is -1.61. The van der Waals surface area contributed by atoms with Gasteiger partial charge in [-0.2, -0.15) is 13.2 Å². The van der Waals surface area contributed by atoms with Gasteiger partial charge in [-0.25, -0.2) is 17.5 Å². The van der Waals surface area contributed by atoms with Crippen LogP contribution in [0, 0.1) is 5.92 Å². The summed E-state index contributed by atoms with van der Waals surface area (Å²) in [5.74, 6) is -2.30. The molecule has 3 heterocycles. The maximum Gasteiger partial charge on any atom is 0.490 e. The summed E-state index contributed by atoms with van der Waals surface area (Å²) >= 11 is 1.71. The quantitative estimate of drug-likeness (QED) is 0.253. The number of carbonyl (C=O) groups is 2. The van der Waals surface area contributed by atoms with Crippen LogP contribution in [-0.4, -0.2) is 65.8 Å². The van der Waals surface area contributed by atoms with E-state index >= 15 is 0 Å². The highest BCUT2D eigenvalue weighted by Gasteiger charge is 2.38. The molecular weight excluding hydrogens is 593 g/mol. The summed E-state index contributed by atoms with van der Waals surface area (Å²) in [5.41, 5.74) is 10.2. The van der Waals surface area contributed by atoms with Crippen molar-refractivity contribution in [2.75, 3.05) is 18.8 Å². The summed E-state index contributed by atoms with van der Waals surface area (Å²) in [6.45, 7) is 10.1. The van der Waals surface area contributed by atoms with Crippen molar-refractivity contribution in [1.29, 1.82) is 0 Å². The molecule has 0 bridgehead atoms. The number of carboxylic acid groups (broad SMARTS) is 1. The Balaban J connectivity index is 0.000000616. The van der Waals surface area contributed by atoms with Gasteiger partial charge in [-0.15, -0.1) is 11.3 Å². The predicted octanol–water partition coefficient (Wildman–Crippen LogP) is 5.29. The van der Waals surface area contributed by atoms with Crippen LogP contribution in [0.15, 0.2) is 29.8 Å². The van der Waals surface area contributed by atoms with Crippen molar-refractivity contribution in [3.8, 4) is 11.1 Å². The number of aliphatic carboxylic acids is 1. The number of alkyl halides is 3. The third-order valence-corrected chi connectivity index (χ3v) is 10.4. The van der Waals surface area contributed by atoms with Gasteiger partial charge >= 0.3 is 12.1 Å². The zero-order chi connectivity index (χ0) is 31.4. The van der Waals surface area contributed by atoms with E-state index in [4.69, 9.17) is 15.6 Å². The van der Waals surface area contributed by atoms with Crippen molar-refractivity contribution in [2.45, 2.75) is 65.2 Å². The van der Waals surface area contributed by atoms with Gasteiger partial charge in [-0.05, 0) is 78.8 Å². The monoisotopic (exact) mass is 630 g/mol. The van der Waals surface area contributed by atoms with Gasteiger partial charge in [0, 0.05) is 42.1 Å². The number of nitrogens with one attached hydrogen (secondary N) is 2. The van der Waals surface area contributed by atoms with Gasteiger partial charge in [-0.1, -0.05) is 13.8 Å². The van der Waals surface area contributed by atoms with Crippen LogP contribution < -0.4 is 11.1 Å². The summed E-state index contributed by atoms with van der Waals surface area (Å²) in [7, 11) is -3.17. The molecule has 1 fully saturated rings. The Morgan fingerprint density at radius 1 is 1.17 bits per heavy atom. The Kier molecular flexibility index (Phi) is 10.8. The van der Waals surface area contributed by atoms with E-state index < -0.39 is 28.1 Å². The van der Waals surface area contributed by atoms with Crippen molar-refractivity contribution in [2.24, 2.45) is 11.7 Å². The molecule has 1 aliphatic heterocycles. The van der Waals surface area contributed by atoms with E-state index in [9.17, 15) is 26.4 Å². The molecule has 1 aromatic carbocycles. The molecule has 1 amide bonds. The predicted molar refractivity (Wildman–Crippen MR) is 158 cm³/mol. The molecule has 0 spiro atoms. The van der Waals surface area contributed by atoms with Gasteiger partial charge in [-0.3, -0.25) is 4.79 Å². The number of rotatable bonds is 9. The topological polar surface area (TPSA) is 146 Å². The normalized spacial score (nSPS) is 15.9. The van der Waals surface area contributed by atoms with Gasteiger partial charge in [0.05, 0.1) is 16.8 Å². The van der Waals surface area contributed by atoms with E-state index in [2.05, 4.69) is 48.6 Å². The van der Waals surface area contributed by atoms with E-state index in [1.165, 1.54) is 4.88 Å². The molecular formula is C28H37F3N4O5S2. The molecule has 4 rings (SSSR count). The number of carbonyl (C=O) groups excluding carboxylic acids is 1. The first-order valence-corrected chi connectivity index (χ1v) is 16.1. The Morgan fingerprint density at radius 3 is 2.31 bits per heavy atom. The maximum atomic E-state index is 12.3. The Morgan fingerprint density at radius 2 is 1.79 bits per heavy atom. The van der Waals surface area contributed by atoms with E-state index in [0.717, 1.165) is 47.0 Å². The number of fused-ring (bicyclic) bond motifs is 1. The fourth-order valence-corrected chi connectivity index (χ4v) is 6.68. The molecule has 1 aliphatic rings. The van der Waals surface area contributed by atoms with E-state index in [1.54, 1.807) is 22.6 Å². The van der Waals surface area contributed by atoms with Crippen molar-refractivity contribution in [1.82, 2.24) is 14.6 Å². The molecule has 0 aliphatic carbocycles. The highest BCUT2D eigenvalue weighted by atomic mass is 32.2. The number of aromatic nitrogens is 1. The molecule has 3 aromatic rings. The number of hydrogen-bond acceptors (Lipinski definition) is 6. The molecule has 14 heteroatoms. The second kappa shape index (κ2) is 13.6. The van der Waals surface area contributed by atoms with E-state index in [0.29, 0.717) is 30.6 Å². The third-order valence-electron chi connectivity index (χ3n) is 7.57. The first kappa shape index (κ1) is 33.6. The van der Waals surface area contributed by atoms with Crippen LogP contribution in [0.4, 0.5) is 13.2 Å². The number of primary amides is 1. The van der Waals surface area contributed by atoms with E-state index in [1.807, 2.05) is 12.3 Å². The smallest absolute Gasteiger partial charge is 0.475 e. The highest BCUT2D eigenvalue weighted by molar-refractivity contribution is 7.89. The molecule has 232 valence electrons. The zero-order valence-corrected chi connectivity index (χ0v) is 25.5. The minimum Gasteiger partial charge on any atom is -0.475 e. The average molecular weight is 631 g/mol. The first-order chi connectivity index (χ1) is 19.5. The SMILES string of the molecule is CCS(=O)(=O)N1CCC(c2c[nH]c3c(C(N)=O)cc(-c4csc(CN[C@H](C)C(C)C)c4)cc23)CC1.O=C(O)C(F)(F)F. The number of aromatic amines is 1. The number of amides is 1. The number of nitrogens with two attached hydrogens (primary N) is 1. The standard InChI is InChI=1S/C26H36N4O3S2.C2HF3O2/c1-5-35(32,33)30-8-6-18(7-9-30)24-14-29-25-22(24)11-19(12-23(25)26(27)31)20-10-21(34-15-20)13-28-17(4)16(2)3;3-2(4,5)1(6)7/h10-12,14-18,28-29H,5-9,13H2,1-4H3,(H2,27,31);(H,6,7)/t17-;/m1./s1. The number of benzene rings is 1. The fourth-order valence-electron chi connectivity index (χ4n) is 4.70. The van der Waals surface area contributed by atoms with Crippen LogP contribution in [0.1, 0.15) is 67.3 Å². The summed E-state index contributed by atoms with van der Waals surface area (Å²) in [6, 6.07) is 6.62. The number of H-pyrrole nitrogens is 1. The van der Waals surface area contributed by atoms with Crippen LogP contribution in [0.2, 0.25) is 0 Å². The molecule has 1 atom stereocenters. The Bertz CT molecular complexity index is 1510. The number of carboxylic acids is 1. The molecule has 5 N–H and O–H groups in total. The lowest BCUT2D eigenvalue weighted by Crippen LogP contribution is -2.38. The number of nitrogens with zero attached hydrogens (tertiary/aromatic N) is 1. The number of thiophene rings is 1. The third kappa shape index (κ3) is 8.12. The number of halogens is 3. The molecule has 1 saturated heterocycles. The average Bonchev–Trinajstić information content (AvgIpc) is 3.58. The van der Waals surface area contributed by atoms with Crippen molar-refractivity contribution < 1.29 is 36.3 Å². The van der Waals surface area contributed by atoms with E-state index in [-0.39, 0.29) is 11.7 Å². The van der Waals surface area contributed by atoms with Gasteiger partial charge in [0.15, 0.2) is 0 Å². The summed E-state index contributed by atoms with van der Waals surface area (Å²) in [5, 5.41) is 13.8. The van der Waals surface area contributed by atoms with Crippen molar-refractivity contribution >= 4 is 44.1 Å². The molecule has 0 unspecified atom stereocenters. The first-order valence-electron chi connectivity index (χ1n) is 13.6. The van der Waals surface area contributed by atoms with Crippen LogP contribution in [-0.2, 0) is 21.4 Å². The summed E-state index contributed by atoms with van der Waals surface area (Å²) in [4.78, 5) is 25.8. The minimum absolute atomic E-state index is 0.130. The number of hydrogen-bond donors (Lipinski definition) is 4. The molecule has 0 saturated carbocycles. The molecule has 2 aromatic heterocycles. The van der Waals surface area contributed by atoms with Crippen LogP contribution in [0.25, 0.3) is 22.0 Å². The summed E-state index contributed by atoms with van der Waals surface area (Å²) < 4.78 is 57.9. The Hall–Kier alpha value is -2.94. The van der Waals surface area contributed by atoms with Gasteiger partial charge in [0.2, 0.25) is 10.0 Å². The van der Waals surface area contributed by atoms with Gasteiger partial charge < -0.3 is 21.1 Å². The van der Waals surface area contributed by atoms with Crippen molar-refractivity contribution in [3.63, 3.8) is 0 Å².